The average Bonchev–Trinajstić information content (AvgIpc) is 2.39. The maximum atomic E-state index is 10.0. The summed E-state index contributed by atoms with van der Waals surface area (Å²) in [5, 5.41) is 10.0. The highest BCUT2D eigenvalue weighted by Crippen LogP contribution is 2.08. The largest absolute Gasteiger partial charge is 0.389 e. The molecular weight excluding hydrogens is 246 g/mol. The molecule has 1 rings (SSSR count). The molecule has 1 heterocycles. The molecule has 3 unspecified atom stereocenters. The molecule has 6 heteroatoms. The van der Waals surface area contributed by atoms with Crippen LogP contribution in [0.5, 0.6) is 0 Å². The van der Waals surface area contributed by atoms with Crippen molar-refractivity contribution in [3.05, 3.63) is 0 Å². The van der Waals surface area contributed by atoms with Crippen molar-refractivity contribution in [3.8, 4) is 0 Å². The Labute approximate surface area is 116 Å². The van der Waals surface area contributed by atoms with Gasteiger partial charge in [0.05, 0.1) is 25.4 Å². The quantitative estimate of drug-likeness (QED) is 0.590. The van der Waals surface area contributed by atoms with E-state index in [-0.39, 0.29) is 6.10 Å². The molecule has 0 amide bonds. The normalized spacial score (nSPS) is 25.4. The van der Waals surface area contributed by atoms with Crippen molar-refractivity contribution in [2.45, 2.75) is 25.2 Å². The third-order valence-electron chi connectivity index (χ3n) is 3.50. The highest BCUT2D eigenvalue weighted by Gasteiger charge is 2.25. The summed E-state index contributed by atoms with van der Waals surface area (Å²) < 4.78 is 10.5. The summed E-state index contributed by atoms with van der Waals surface area (Å²) in [4.78, 5) is 4.53. The molecule has 6 nitrogen and oxygen atoms in total. The molecule has 1 aliphatic rings. The Morgan fingerprint density at radius 2 is 2.11 bits per heavy atom. The number of ether oxygens (including phenoxy) is 2. The van der Waals surface area contributed by atoms with Crippen LogP contribution in [0.4, 0.5) is 0 Å². The zero-order valence-corrected chi connectivity index (χ0v) is 12.4. The van der Waals surface area contributed by atoms with Gasteiger partial charge < -0.3 is 25.2 Å². The maximum absolute atomic E-state index is 10.0. The minimum absolute atomic E-state index is 0.0115. The topological polar surface area (TPSA) is 71.2 Å². The van der Waals surface area contributed by atoms with Crippen molar-refractivity contribution < 1.29 is 14.6 Å². The second-order valence-corrected chi connectivity index (χ2v) is 5.40. The Morgan fingerprint density at radius 1 is 1.37 bits per heavy atom. The summed E-state index contributed by atoms with van der Waals surface area (Å²) in [6.45, 7) is 7.00. The highest BCUT2D eigenvalue weighted by molar-refractivity contribution is 4.82. The van der Waals surface area contributed by atoms with Gasteiger partial charge in [0.1, 0.15) is 0 Å². The smallest absolute Gasteiger partial charge is 0.0900 e. The lowest BCUT2D eigenvalue weighted by Gasteiger charge is -2.40. The standard InChI is InChI=1S/C13H29N3O3/c1-11(9-18-3)19-10-13(17)8-16-5-4-15(2)7-12(16)6-14/h11-13,17H,4-10,14H2,1-3H3. The van der Waals surface area contributed by atoms with E-state index in [1.54, 1.807) is 7.11 Å². The number of aliphatic hydroxyl groups excluding tert-OH is 1. The number of hydrogen-bond donors (Lipinski definition) is 2. The minimum Gasteiger partial charge on any atom is -0.389 e. The maximum Gasteiger partial charge on any atom is 0.0900 e. The predicted octanol–water partition coefficient (Wildman–Crippen LogP) is -1.03. The Hall–Kier alpha value is -0.240. The number of β-amino-alcohol motifs (C(OH)–C–C–N with tert-alkyl or cyclic N) is 1. The molecule has 0 aromatic heterocycles. The molecule has 0 bridgehead atoms. The lowest BCUT2D eigenvalue weighted by Crippen LogP contribution is -2.56. The van der Waals surface area contributed by atoms with Crippen LogP contribution >= 0.6 is 0 Å². The molecule has 1 aliphatic heterocycles. The van der Waals surface area contributed by atoms with Gasteiger partial charge in [-0.15, -0.1) is 0 Å². The number of piperazine rings is 1. The van der Waals surface area contributed by atoms with E-state index in [0.717, 1.165) is 19.6 Å². The SMILES string of the molecule is COCC(C)OCC(O)CN1CCN(C)CC1CN. The monoisotopic (exact) mass is 275 g/mol. The average molecular weight is 275 g/mol. The fourth-order valence-electron chi connectivity index (χ4n) is 2.39. The Kier molecular flexibility index (Phi) is 7.82. The van der Waals surface area contributed by atoms with Gasteiger partial charge in [-0.1, -0.05) is 0 Å². The number of aliphatic hydroxyl groups is 1. The van der Waals surface area contributed by atoms with Crippen molar-refractivity contribution in [3.63, 3.8) is 0 Å². The van der Waals surface area contributed by atoms with Gasteiger partial charge in [0.2, 0.25) is 0 Å². The fraction of sp³-hybridized carbons (Fsp3) is 1.00. The molecule has 0 aromatic carbocycles. The number of nitrogens with two attached hydrogens (primary N) is 1. The molecule has 0 aromatic rings. The molecule has 0 saturated carbocycles. The van der Waals surface area contributed by atoms with Crippen LogP contribution in [0.2, 0.25) is 0 Å². The van der Waals surface area contributed by atoms with Crippen molar-refractivity contribution in [2.24, 2.45) is 5.73 Å². The minimum atomic E-state index is -0.475. The van der Waals surface area contributed by atoms with Crippen LogP contribution < -0.4 is 5.73 Å². The fourth-order valence-corrected chi connectivity index (χ4v) is 2.39. The predicted molar refractivity (Wildman–Crippen MR) is 75.2 cm³/mol. The summed E-state index contributed by atoms with van der Waals surface area (Å²) in [5.74, 6) is 0. The second kappa shape index (κ2) is 8.84. The first kappa shape index (κ1) is 16.8. The van der Waals surface area contributed by atoms with E-state index in [9.17, 15) is 5.11 Å². The van der Waals surface area contributed by atoms with E-state index >= 15 is 0 Å². The highest BCUT2D eigenvalue weighted by atomic mass is 16.5. The lowest BCUT2D eigenvalue weighted by molar-refractivity contribution is -0.0473. The molecule has 1 saturated heterocycles. The van der Waals surface area contributed by atoms with Crippen LogP contribution in [-0.4, -0.2) is 93.3 Å². The molecule has 3 N–H and O–H groups in total. The Balaban J connectivity index is 2.28. The summed E-state index contributed by atoms with van der Waals surface area (Å²) >= 11 is 0. The summed E-state index contributed by atoms with van der Waals surface area (Å²) in [6.07, 6.45) is -0.464. The summed E-state index contributed by atoms with van der Waals surface area (Å²) in [6, 6.07) is 0.324. The second-order valence-electron chi connectivity index (χ2n) is 5.40. The van der Waals surface area contributed by atoms with Crippen LogP contribution in [0.3, 0.4) is 0 Å². The molecule has 3 atom stereocenters. The number of hydrogen-bond acceptors (Lipinski definition) is 6. The van der Waals surface area contributed by atoms with Gasteiger partial charge in [-0.3, -0.25) is 4.90 Å². The van der Waals surface area contributed by atoms with Crippen LogP contribution in [0.25, 0.3) is 0 Å². The molecule has 0 spiro atoms. The molecule has 19 heavy (non-hydrogen) atoms. The lowest BCUT2D eigenvalue weighted by atomic mass is 10.1. The number of rotatable bonds is 8. The Bertz CT molecular complexity index is 243. The molecular formula is C13H29N3O3. The Morgan fingerprint density at radius 3 is 2.74 bits per heavy atom. The van der Waals surface area contributed by atoms with Gasteiger partial charge in [-0.25, -0.2) is 0 Å². The van der Waals surface area contributed by atoms with E-state index in [4.69, 9.17) is 15.2 Å². The first-order valence-corrected chi connectivity index (χ1v) is 6.98. The number of likely N-dealkylation sites (N-methyl/N-ethyl adjacent to an activating group) is 1. The van der Waals surface area contributed by atoms with Gasteiger partial charge in [-0.05, 0) is 14.0 Å². The van der Waals surface area contributed by atoms with Crippen molar-refractivity contribution in [2.75, 3.05) is 60.1 Å². The molecule has 114 valence electrons. The third-order valence-corrected chi connectivity index (χ3v) is 3.50. The summed E-state index contributed by atoms with van der Waals surface area (Å²) in [7, 11) is 3.75. The van der Waals surface area contributed by atoms with Crippen molar-refractivity contribution in [1.29, 1.82) is 0 Å². The zero-order chi connectivity index (χ0) is 14.3. The van der Waals surface area contributed by atoms with E-state index in [2.05, 4.69) is 16.8 Å². The van der Waals surface area contributed by atoms with E-state index in [1.807, 2.05) is 6.92 Å². The van der Waals surface area contributed by atoms with Gasteiger partial charge in [-0.2, -0.15) is 0 Å². The third kappa shape index (κ3) is 6.16. The van der Waals surface area contributed by atoms with Crippen molar-refractivity contribution >= 4 is 0 Å². The van der Waals surface area contributed by atoms with Gasteiger partial charge in [0.15, 0.2) is 0 Å². The summed E-state index contributed by atoms with van der Waals surface area (Å²) in [5.41, 5.74) is 5.80. The molecule has 1 fully saturated rings. The van der Waals surface area contributed by atoms with Gasteiger partial charge in [0.25, 0.3) is 0 Å². The van der Waals surface area contributed by atoms with E-state index in [0.29, 0.717) is 32.3 Å². The molecule has 0 radical (unpaired) electrons. The van der Waals surface area contributed by atoms with E-state index in [1.165, 1.54) is 0 Å². The molecule has 0 aliphatic carbocycles. The first-order chi connectivity index (χ1) is 9.06. The van der Waals surface area contributed by atoms with Gasteiger partial charge >= 0.3 is 0 Å². The van der Waals surface area contributed by atoms with Crippen LogP contribution in [0.15, 0.2) is 0 Å². The number of methoxy groups -OCH3 is 1. The van der Waals surface area contributed by atoms with Gasteiger partial charge in [0, 0.05) is 45.9 Å². The van der Waals surface area contributed by atoms with Crippen LogP contribution in [0, 0.1) is 0 Å². The first-order valence-electron chi connectivity index (χ1n) is 6.98. The van der Waals surface area contributed by atoms with Crippen LogP contribution in [-0.2, 0) is 9.47 Å². The van der Waals surface area contributed by atoms with Crippen molar-refractivity contribution in [1.82, 2.24) is 9.80 Å². The van der Waals surface area contributed by atoms with Crippen LogP contribution in [0.1, 0.15) is 6.92 Å². The zero-order valence-electron chi connectivity index (χ0n) is 12.4. The number of nitrogens with zero attached hydrogens (tertiary/aromatic N) is 2. The van der Waals surface area contributed by atoms with E-state index < -0.39 is 6.10 Å².